The summed E-state index contributed by atoms with van der Waals surface area (Å²) in [6, 6.07) is 13.0. The molecule has 0 radical (unpaired) electrons. The highest BCUT2D eigenvalue weighted by atomic mass is 19.1. The molecule has 0 heterocycles. The van der Waals surface area contributed by atoms with Crippen molar-refractivity contribution in [2.75, 3.05) is 40.5 Å². The van der Waals surface area contributed by atoms with Crippen LogP contribution in [-0.4, -0.2) is 83.6 Å². The molecule has 0 bridgehead atoms. The van der Waals surface area contributed by atoms with E-state index in [1.54, 1.807) is 24.3 Å². The van der Waals surface area contributed by atoms with Crippen LogP contribution in [-0.2, 0) is 19.1 Å². The van der Waals surface area contributed by atoms with Gasteiger partial charge in [0.05, 0.1) is 36.5 Å². The zero-order valence-corrected chi connectivity index (χ0v) is 45.4. The SMILES string of the molecule is CCOC[C@@]1(O)CC[C@H]2[C@H](CC[C@@H]3[C@@H]2CC[C@]2(C)[C@@H](C(=O)N(C)[C@@H](C)c4ccc(F)cc4)CC[C@@H]32)C1.CCOC[C@@]1(O)CC[C@H]2[C@H](CC[C@@H]3[C@@H]2CC[C@]2(C)[C@@H](C(=O)N(C)[C@H](C)c4ccc(F)cc4)CC[C@@H]32)C1. The van der Waals surface area contributed by atoms with Gasteiger partial charge in [-0.2, -0.15) is 0 Å². The van der Waals surface area contributed by atoms with Crippen molar-refractivity contribution < 1.29 is 38.1 Å². The number of hydrogen-bond donors (Lipinski definition) is 2. The fourth-order valence-corrected chi connectivity index (χ4v) is 18.4. The van der Waals surface area contributed by atoms with Crippen molar-refractivity contribution in [2.45, 2.75) is 180 Å². The first-order valence-electron chi connectivity index (χ1n) is 29.0. The number of carbonyl (C=O) groups excluding carboxylic acids is 2. The van der Waals surface area contributed by atoms with Gasteiger partial charge >= 0.3 is 0 Å². The van der Waals surface area contributed by atoms with Crippen molar-refractivity contribution in [3.05, 3.63) is 71.3 Å². The first-order chi connectivity index (χ1) is 34.3. The molecular formula is C62H92F2N2O6. The van der Waals surface area contributed by atoms with Crippen molar-refractivity contribution in [1.29, 1.82) is 0 Å². The lowest BCUT2D eigenvalue weighted by atomic mass is 9.49. The third kappa shape index (κ3) is 10.2. The minimum absolute atomic E-state index is 0.0646. The molecule has 400 valence electrons. The molecular weight excluding hydrogens is 907 g/mol. The molecule has 2 aromatic carbocycles. The zero-order chi connectivity index (χ0) is 51.3. The number of aliphatic hydroxyl groups is 2. The molecule has 8 saturated carbocycles. The molecule has 2 N–H and O–H groups in total. The van der Waals surface area contributed by atoms with Gasteiger partial charge in [-0.15, -0.1) is 0 Å². The van der Waals surface area contributed by atoms with Crippen LogP contribution in [0.25, 0.3) is 0 Å². The average Bonchev–Trinajstić information content (AvgIpc) is 3.93. The molecule has 10 heteroatoms. The Morgan fingerprint density at radius 2 is 0.903 bits per heavy atom. The summed E-state index contributed by atoms with van der Waals surface area (Å²) in [6.07, 6.45) is 19.8. The van der Waals surface area contributed by atoms with Crippen molar-refractivity contribution in [2.24, 2.45) is 81.8 Å². The number of halogens is 2. The summed E-state index contributed by atoms with van der Waals surface area (Å²) >= 11 is 0. The second-order valence-corrected chi connectivity index (χ2v) is 25.8. The van der Waals surface area contributed by atoms with Crippen LogP contribution in [0.5, 0.6) is 0 Å². The molecule has 8 nitrogen and oxygen atoms in total. The van der Waals surface area contributed by atoms with Crippen molar-refractivity contribution >= 4 is 11.8 Å². The van der Waals surface area contributed by atoms with Gasteiger partial charge in [-0.1, -0.05) is 38.1 Å². The number of nitrogens with zero attached hydrogens (tertiary/aromatic N) is 2. The minimum Gasteiger partial charge on any atom is -0.387 e. The van der Waals surface area contributed by atoms with Crippen molar-refractivity contribution in [3.63, 3.8) is 0 Å². The number of amides is 2. The maximum absolute atomic E-state index is 13.8. The molecule has 8 fully saturated rings. The van der Waals surface area contributed by atoms with Crippen LogP contribution in [0.4, 0.5) is 8.78 Å². The Morgan fingerprint density at radius 1 is 0.542 bits per heavy atom. The molecule has 10 rings (SSSR count). The summed E-state index contributed by atoms with van der Waals surface area (Å²) in [5.74, 6) is 7.12. The van der Waals surface area contributed by atoms with Gasteiger partial charge in [0.25, 0.3) is 0 Å². The van der Waals surface area contributed by atoms with Gasteiger partial charge in [-0.25, -0.2) is 8.78 Å². The molecule has 0 spiro atoms. The average molecular weight is 999 g/mol. The van der Waals surface area contributed by atoms with Gasteiger partial charge in [0.1, 0.15) is 11.6 Å². The molecule has 0 saturated heterocycles. The number of rotatable bonds is 12. The van der Waals surface area contributed by atoms with Crippen LogP contribution in [0, 0.1) is 93.5 Å². The van der Waals surface area contributed by atoms with Crippen LogP contribution in [0.1, 0.15) is 180 Å². The van der Waals surface area contributed by atoms with E-state index in [1.807, 2.05) is 51.6 Å². The highest BCUT2D eigenvalue weighted by Crippen LogP contribution is 2.67. The minimum atomic E-state index is -0.635. The van der Waals surface area contributed by atoms with Gasteiger partial charge < -0.3 is 29.5 Å². The van der Waals surface area contributed by atoms with E-state index in [9.17, 15) is 28.6 Å². The van der Waals surface area contributed by atoms with E-state index in [2.05, 4.69) is 13.8 Å². The van der Waals surface area contributed by atoms with E-state index in [0.717, 1.165) is 111 Å². The van der Waals surface area contributed by atoms with Crippen molar-refractivity contribution in [1.82, 2.24) is 9.80 Å². The Hall–Kier alpha value is -2.92. The van der Waals surface area contributed by atoms with Crippen LogP contribution in [0.3, 0.4) is 0 Å². The molecule has 72 heavy (non-hydrogen) atoms. The summed E-state index contributed by atoms with van der Waals surface area (Å²) < 4.78 is 38.1. The third-order valence-corrected chi connectivity index (χ3v) is 22.5. The Labute approximate surface area is 432 Å². The number of hydrogen-bond acceptors (Lipinski definition) is 6. The quantitative estimate of drug-likeness (QED) is 0.220. The first kappa shape index (κ1) is 53.9. The second kappa shape index (κ2) is 21.6. The molecule has 8 aliphatic carbocycles. The molecule has 0 unspecified atom stereocenters. The number of ether oxygens (including phenoxy) is 2. The van der Waals surface area contributed by atoms with Crippen molar-refractivity contribution in [3.8, 4) is 0 Å². The fourth-order valence-electron chi connectivity index (χ4n) is 18.4. The van der Waals surface area contributed by atoms with E-state index in [-0.39, 0.29) is 58.2 Å². The monoisotopic (exact) mass is 999 g/mol. The molecule has 18 atom stereocenters. The smallest absolute Gasteiger partial charge is 0.226 e. The summed E-state index contributed by atoms with van der Waals surface area (Å²) in [6.45, 7) is 15.2. The van der Waals surface area contributed by atoms with Gasteiger partial charge in [0.2, 0.25) is 11.8 Å². The van der Waals surface area contributed by atoms with Gasteiger partial charge in [-0.05, 0) is 249 Å². The Bertz CT molecular complexity index is 2020. The number of benzene rings is 2. The lowest BCUT2D eigenvalue weighted by molar-refractivity contribution is -0.147. The summed E-state index contributed by atoms with van der Waals surface area (Å²) in [4.78, 5) is 31.5. The number of carbonyl (C=O) groups is 2. The predicted molar refractivity (Wildman–Crippen MR) is 279 cm³/mol. The highest BCUT2D eigenvalue weighted by molar-refractivity contribution is 5.81. The summed E-state index contributed by atoms with van der Waals surface area (Å²) in [5.41, 5.74) is 0.845. The summed E-state index contributed by atoms with van der Waals surface area (Å²) in [7, 11) is 3.85. The third-order valence-electron chi connectivity index (χ3n) is 22.5. The predicted octanol–water partition coefficient (Wildman–Crippen LogP) is 12.8. The standard InChI is InChI=1S/2C31H46FNO3/c2*1-5-36-19-31(35)17-15-24-22(18-31)8-11-26-25(24)14-16-30(3)27(26)12-13-28(30)29(34)33(4)20(2)21-6-9-23(32)10-7-21/h2*6-7,9-10,20,22,24-28,35H,5,8,11-19H2,1-4H3/t20-,22+,24-,25+,26+,27-,28+,30-,31+;20-,22-,24+,25-,26-,27+,28-,30+,31-/m01/s1. The van der Waals surface area contributed by atoms with E-state index in [4.69, 9.17) is 9.47 Å². The Morgan fingerprint density at radius 3 is 1.26 bits per heavy atom. The van der Waals surface area contributed by atoms with E-state index in [0.29, 0.717) is 50.1 Å². The Balaban J connectivity index is 0.000000178. The zero-order valence-electron chi connectivity index (χ0n) is 45.4. The van der Waals surface area contributed by atoms with Gasteiger partial charge in [-0.3, -0.25) is 9.59 Å². The number of fused-ring (bicyclic) bond motifs is 10. The van der Waals surface area contributed by atoms with E-state index in [1.165, 1.54) is 75.6 Å². The van der Waals surface area contributed by atoms with Crippen LogP contribution in [0.2, 0.25) is 0 Å². The topological polar surface area (TPSA) is 99.5 Å². The van der Waals surface area contributed by atoms with Gasteiger partial charge in [0.15, 0.2) is 0 Å². The Kier molecular flexibility index (Phi) is 16.2. The van der Waals surface area contributed by atoms with Crippen LogP contribution >= 0.6 is 0 Å². The first-order valence-corrected chi connectivity index (χ1v) is 29.0. The van der Waals surface area contributed by atoms with E-state index < -0.39 is 11.2 Å². The van der Waals surface area contributed by atoms with Gasteiger partial charge in [0, 0.05) is 39.1 Å². The summed E-state index contributed by atoms with van der Waals surface area (Å²) in [5, 5.41) is 22.3. The highest BCUT2D eigenvalue weighted by Gasteiger charge is 2.61. The maximum Gasteiger partial charge on any atom is 0.226 e. The van der Waals surface area contributed by atoms with E-state index >= 15 is 0 Å². The lowest BCUT2D eigenvalue weighted by Gasteiger charge is -2.57. The molecule has 2 aromatic rings. The molecule has 8 aliphatic rings. The normalized spacial score (nSPS) is 40.6. The lowest BCUT2D eigenvalue weighted by Crippen LogP contribution is -2.53. The largest absolute Gasteiger partial charge is 0.387 e. The molecule has 0 aliphatic heterocycles. The second-order valence-electron chi connectivity index (χ2n) is 25.8. The molecule has 2 amide bonds. The fraction of sp³-hybridized carbons (Fsp3) is 0.774. The molecule has 0 aromatic heterocycles. The van der Waals surface area contributed by atoms with Crippen LogP contribution < -0.4 is 0 Å². The van der Waals surface area contributed by atoms with Crippen LogP contribution in [0.15, 0.2) is 48.5 Å². The maximum atomic E-state index is 13.8.